The number of nitrogens with one attached hydrogen (secondary N) is 2. The van der Waals surface area contributed by atoms with Gasteiger partial charge in [-0.1, -0.05) is 6.58 Å². The molecule has 0 aromatic carbocycles. The molecule has 0 heterocycles. The summed E-state index contributed by atoms with van der Waals surface area (Å²) in [6.45, 7) is 3.30. The molecule has 3 nitrogen and oxygen atoms in total. The molecule has 0 aliphatic carbocycles. The monoisotopic (exact) mass is 146 g/mol. The minimum Gasteiger partial charge on any atom is -0.389 e. The fourth-order valence-corrected chi connectivity index (χ4v) is 0.412. The summed E-state index contributed by atoms with van der Waals surface area (Å²) in [5.74, 6) is -0.681. The van der Waals surface area contributed by atoms with Crippen LogP contribution in [0.3, 0.4) is 0 Å². The summed E-state index contributed by atoms with van der Waals surface area (Å²) in [6.07, 6.45) is -1.66. The van der Waals surface area contributed by atoms with Crippen LogP contribution < -0.4 is 10.6 Å². The van der Waals surface area contributed by atoms with E-state index in [-0.39, 0.29) is 5.70 Å². The third-order valence-electron chi connectivity index (χ3n) is 1.10. The summed E-state index contributed by atoms with van der Waals surface area (Å²) in [4.78, 5) is 10.5. The van der Waals surface area contributed by atoms with Gasteiger partial charge in [0.15, 0.2) is 0 Å². The lowest BCUT2D eigenvalue weighted by atomic mass is 10.3. The summed E-state index contributed by atoms with van der Waals surface area (Å²) < 4.78 is 12.6. The Morgan fingerprint density at radius 2 is 2.00 bits per heavy atom. The SMILES string of the molecule is C=C(NC)C(F)C(=O)NC. The van der Waals surface area contributed by atoms with Crippen molar-refractivity contribution in [1.29, 1.82) is 0 Å². The summed E-state index contributed by atoms with van der Waals surface area (Å²) in [5, 5.41) is 4.61. The van der Waals surface area contributed by atoms with E-state index in [9.17, 15) is 9.18 Å². The lowest BCUT2D eigenvalue weighted by molar-refractivity contribution is -0.124. The van der Waals surface area contributed by atoms with E-state index in [1.165, 1.54) is 14.1 Å². The van der Waals surface area contributed by atoms with Crippen molar-refractivity contribution in [3.63, 3.8) is 0 Å². The van der Waals surface area contributed by atoms with Crippen LogP contribution in [0.25, 0.3) is 0 Å². The van der Waals surface area contributed by atoms with E-state index in [4.69, 9.17) is 0 Å². The molecule has 0 aromatic rings. The molecule has 0 radical (unpaired) electrons. The molecule has 0 rings (SSSR count). The predicted octanol–water partition coefficient (Wildman–Crippen LogP) is -0.196. The second kappa shape index (κ2) is 3.87. The van der Waals surface area contributed by atoms with Gasteiger partial charge in [-0.2, -0.15) is 0 Å². The van der Waals surface area contributed by atoms with Crippen molar-refractivity contribution >= 4 is 5.91 Å². The van der Waals surface area contributed by atoms with Gasteiger partial charge in [0, 0.05) is 19.8 Å². The van der Waals surface area contributed by atoms with Gasteiger partial charge in [-0.25, -0.2) is 4.39 Å². The first kappa shape index (κ1) is 8.94. The van der Waals surface area contributed by atoms with Crippen molar-refractivity contribution in [2.45, 2.75) is 6.17 Å². The molecule has 4 heteroatoms. The number of rotatable bonds is 3. The van der Waals surface area contributed by atoms with E-state index in [0.29, 0.717) is 0 Å². The zero-order valence-electron chi connectivity index (χ0n) is 6.07. The number of halogens is 1. The molecule has 0 spiro atoms. The molecular weight excluding hydrogens is 135 g/mol. The van der Waals surface area contributed by atoms with Crippen LogP contribution >= 0.6 is 0 Å². The molecule has 0 bridgehead atoms. The summed E-state index contributed by atoms with van der Waals surface area (Å²) in [7, 11) is 2.88. The maximum Gasteiger partial charge on any atom is 0.260 e. The first-order valence-electron chi connectivity index (χ1n) is 2.85. The van der Waals surface area contributed by atoms with Gasteiger partial charge in [-0.05, 0) is 0 Å². The van der Waals surface area contributed by atoms with Gasteiger partial charge in [-0.15, -0.1) is 0 Å². The molecule has 0 saturated carbocycles. The molecule has 2 N–H and O–H groups in total. The van der Waals surface area contributed by atoms with Crippen LogP contribution in [0.2, 0.25) is 0 Å². The van der Waals surface area contributed by atoms with Crippen molar-refractivity contribution in [2.24, 2.45) is 0 Å². The third kappa shape index (κ3) is 2.05. The van der Waals surface area contributed by atoms with Crippen molar-refractivity contribution in [2.75, 3.05) is 14.1 Å². The molecule has 10 heavy (non-hydrogen) atoms. The summed E-state index contributed by atoms with van der Waals surface area (Å²) in [5.41, 5.74) is 0.0688. The highest BCUT2D eigenvalue weighted by Crippen LogP contribution is 1.98. The molecule has 0 saturated heterocycles. The minimum atomic E-state index is -1.66. The number of alkyl halides is 1. The van der Waals surface area contributed by atoms with Gasteiger partial charge in [0.25, 0.3) is 5.91 Å². The molecule has 0 aliphatic heterocycles. The van der Waals surface area contributed by atoms with E-state index < -0.39 is 12.1 Å². The Labute approximate surface area is 59.3 Å². The van der Waals surface area contributed by atoms with E-state index in [1.54, 1.807) is 0 Å². The van der Waals surface area contributed by atoms with E-state index >= 15 is 0 Å². The Hall–Kier alpha value is -1.06. The van der Waals surface area contributed by atoms with Crippen LogP contribution in [0.4, 0.5) is 4.39 Å². The maximum absolute atomic E-state index is 12.6. The maximum atomic E-state index is 12.6. The van der Waals surface area contributed by atoms with Gasteiger partial charge in [-0.3, -0.25) is 4.79 Å². The lowest BCUT2D eigenvalue weighted by Crippen LogP contribution is -2.33. The van der Waals surface area contributed by atoms with Crippen LogP contribution in [0, 0.1) is 0 Å². The van der Waals surface area contributed by atoms with Gasteiger partial charge in [0.2, 0.25) is 6.17 Å². The number of carbonyl (C=O) groups excluding carboxylic acids is 1. The third-order valence-corrected chi connectivity index (χ3v) is 1.10. The molecule has 0 aliphatic rings. The molecule has 1 atom stereocenters. The second-order valence-corrected chi connectivity index (χ2v) is 1.75. The zero-order chi connectivity index (χ0) is 8.15. The topological polar surface area (TPSA) is 41.1 Å². The van der Waals surface area contributed by atoms with Crippen LogP contribution in [-0.2, 0) is 4.79 Å². The average Bonchev–Trinajstić information content (AvgIpc) is 2.00. The van der Waals surface area contributed by atoms with Gasteiger partial charge >= 0.3 is 0 Å². The standard InChI is InChI=1S/C6H11FN2O/c1-4(8-2)5(7)6(10)9-3/h5,8H,1H2,2-3H3,(H,9,10). The Morgan fingerprint density at radius 3 is 2.30 bits per heavy atom. The number of carbonyl (C=O) groups is 1. The Bertz CT molecular complexity index is 131. The first-order valence-corrected chi connectivity index (χ1v) is 2.85. The summed E-state index contributed by atoms with van der Waals surface area (Å²) >= 11 is 0. The molecule has 58 valence electrons. The highest BCUT2D eigenvalue weighted by atomic mass is 19.1. The smallest absolute Gasteiger partial charge is 0.260 e. The normalized spacial score (nSPS) is 11.9. The van der Waals surface area contributed by atoms with E-state index in [2.05, 4.69) is 17.2 Å². The molecule has 0 aromatic heterocycles. The van der Waals surface area contributed by atoms with Gasteiger partial charge < -0.3 is 10.6 Å². The lowest BCUT2D eigenvalue weighted by Gasteiger charge is -2.08. The first-order chi connectivity index (χ1) is 4.63. The van der Waals surface area contributed by atoms with Gasteiger partial charge in [0.05, 0.1) is 0 Å². The zero-order valence-corrected chi connectivity index (χ0v) is 6.07. The average molecular weight is 146 g/mol. The summed E-state index contributed by atoms with van der Waals surface area (Å²) in [6, 6.07) is 0. The van der Waals surface area contributed by atoms with Crippen molar-refractivity contribution in [3.05, 3.63) is 12.3 Å². The predicted molar refractivity (Wildman–Crippen MR) is 37.2 cm³/mol. The molecule has 1 unspecified atom stereocenters. The minimum absolute atomic E-state index is 0.0688. The number of hydrogen-bond donors (Lipinski definition) is 2. The highest BCUT2D eigenvalue weighted by Gasteiger charge is 2.17. The molecule has 0 fully saturated rings. The van der Waals surface area contributed by atoms with Crippen molar-refractivity contribution in [3.8, 4) is 0 Å². The van der Waals surface area contributed by atoms with Crippen molar-refractivity contribution in [1.82, 2.24) is 10.6 Å². The molecular formula is C6H11FN2O. The Balaban J connectivity index is 3.94. The largest absolute Gasteiger partial charge is 0.389 e. The quantitative estimate of drug-likeness (QED) is 0.579. The fraction of sp³-hybridized carbons (Fsp3) is 0.500. The van der Waals surface area contributed by atoms with E-state index in [1.807, 2.05) is 0 Å². The van der Waals surface area contributed by atoms with Crippen LogP contribution in [-0.4, -0.2) is 26.2 Å². The Kier molecular flexibility index (Phi) is 3.46. The van der Waals surface area contributed by atoms with Crippen LogP contribution in [0.5, 0.6) is 0 Å². The highest BCUT2D eigenvalue weighted by molar-refractivity contribution is 5.83. The van der Waals surface area contributed by atoms with E-state index in [0.717, 1.165) is 0 Å². The van der Waals surface area contributed by atoms with Gasteiger partial charge in [0.1, 0.15) is 0 Å². The Morgan fingerprint density at radius 1 is 1.50 bits per heavy atom. The van der Waals surface area contributed by atoms with Crippen LogP contribution in [0.15, 0.2) is 12.3 Å². The fourth-order valence-electron chi connectivity index (χ4n) is 0.412. The van der Waals surface area contributed by atoms with Crippen LogP contribution in [0.1, 0.15) is 0 Å². The number of hydrogen-bond acceptors (Lipinski definition) is 2. The van der Waals surface area contributed by atoms with Crippen molar-refractivity contribution < 1.29 is 9.18 Å². The second-order valence-electron chi connectivity index (χ2n) is 1.75. The molecule has 1 amide bonds. The number of amides is 1.